The zero-order chi connectivity index (χ0) is 36.7. The Bertz CT molecular complexity index is 2770. The molecule has 0 aromatic heterocycles. The van der Waals surface area contributed by atoms with E-state index in [1.807, 2.05) is 0 Å². The number of para-hydroxylation sites is 2. The lowest BCUT2D eigenvalue weighted by Crippen LogP contribution is -2.56. The van der Waals surface area contributed by atoms with Gasteiger partial charge in [-0.2, -0.15) is 0 Å². The summed E-state index contributed by atoms with van der Waals surface area (Å²) in [7, 11) is -2.08. The molecule has 0 N–H and O–H groups in total. The molecular weight excluding hydrogens is 693 g/mol. The molecule has 0 spiro atoms. The predicted octanol–water partition coefficient (Wildman–Crippen LogP) is 12.8. The van der Waals surface area contributed by atoms with Crippen LogP contribution in [0.25, 0.3) is 44.5 Å². The van der Waals surface area contributed by atoms with Crippen LogP contribution in [0.15, 0.2) is 143 Å². The molecular formula is C50H40O2SSi. The molecule has 0 radical (unpaired) electrons. The fraction of sp³-hybridized carbons (Fsp3) is 0.160. The van der Waals surface area contributed by atoms with Crippen molar-refractivity contribution in [1.82, 2.24) is 0 Å². The van der Waals surface area contributed by atoms with Crippen molar-refractivity contribution in [2.45, 2.75) is 61.4 Å². The topological polar surface area (TPSA) is 18.5 Å². The van der Waals surface area contributed by atoms with Crippen LogP contribution in [0, 0.1) is 0 Å². The Labute approximate surface area is 322 Å². The monoisotopic (exact) mass is 732 g/mol. The lowest BCUT2D eigenvalue weighted by atomic mass is 9.81. The van der Waals surface area contributed by atoms with E-state index in [2.05, 4.69) is 174 Å². The first kappa shape index (κ1) is 32.2. The van der Waals surface area contributed by atoms with Gasteiger partial charge in [0.25, 0.3) is 0 Å². The van der Waals surface area contributed by atoms with Gasteiger partial charge < -0.3 is 9.47 Å². The van der Waals surface area contributed by atoms with E-state index in [1.165, 1.54) is 76.5 Å². The molecule has 0 amide bonds. The molecule has 7 aromatic rings. The fourth-order valence-corrected chi connectivity index (χ4v) is 13.6. The van der Waals surface area contributed by atoms with Crippen molar-refractivity contribution in [3.05, 3.63) is 156 Å². The Hall–Kier alpha value is -5.29. The van der Waals surface area contributed by atoms with E-state index in [0.717, 1.165) is 33.5 Å². The molecule has 4 heteroatoms. The molecule has 54 heavy (non-hydrogen) atoms. The quantitative estimate of drug-likeness (QED) is 0.165. The van der Waals surface area contributed by atoms with Crippen LogP contribution in [0.3, 0.4) is 0 Å². The number of fused-ring (bicyclic) bond motifs is 12. The largest absolute Gasteiger partial charge is 0.456 e. The maximum absolute atomic E-state index is 7.19. The minimum atomic E-state index is -2.08. The molecule has 2 nitrogen and oxygen atoms in total. The molecule has 0 saturated heterocycles. The van der Waals surface area contributed by atoms with Crippen LogP contribution >= 0.6 is 11.8 Å². The van der Waals surface area contributed by atoms with Crippen molar-refractivity contribution in [3.63, 3.8) is 0 Å². The summed E-state index contributed by atoms with van der Waals surface area (Å²) >= 11 is 1.80. The maximum Gasteiger partial charge on any atom is 0.149 e. The van der Waals surface area contributed by atoms with Crippen molar-refractivity contribution in [3.8, 4) is 67.5 Å². The first-order valence-electron chi connectivity index (χ1n) is 19.0. The summed E-state index contributed by atoms with van der Waals surface area (Å²) in [6.07, 6.45) is 0. The molecule has 0 unspecified atom stereocenters. The van der Waals surface area contributed by atoms with Gasteiger partial charge in [-0.3, -0.25) is 0 Å². The van der Waals surface area contributed by atoms with E-state index >= 15 is 0 Å². The first-order valence-corrected chi connectivity index (χ1v) is 22.8. The summed E-state index contributed by atoms with van der Waals surface area (Å²) in [5, 5.41) is 2.74. The van der Waals surface area contributed by atoms with Crippen LogP contribution in [0.2, 0.25) is 13.1 Å². The standard InChI is InChI=1S/C50H40O2SSi/c1-49(2)35-14-8-7-12-33(35)45-37(49)25-27-43-48(45)52-46-32(13-11-17-42(46)54(43,5)6)30-20-18-29(19-21-30)31-22-23-34-38(28-31)50(3,4)36-24-26-41-47(44(34)36)51-39-15-9-10-16-40(39)53-41/h7-28H,1-6H3. The average Bonchev–Trinajstić information content (AvgIpc) is 3.56. The Morgan fingerprint density at radius 2 is 1.07 bits per heavy atom. The number of ether oxygens (including phenoxy) is 2. The highest BCUT2D eigenvalue weighted by Gasteiger charge is 2.44. The molecule has 0 saturated carbocycles. The molecule has 2 heterocycles. The molecule has 262 valence electrons. The molecule has 0 fully saturated rings. The van der Waals surface area contributed by atoms with E-state index in [1.54, 1.807) is 11.8 Å². The molecule has 11 rings (SSSR count). The van der Waals surface area contributed by atoms with E-state index < -0.39 is 8.07 Å². The number of benzene rings is 7. The van der Waals surface area contributed by atoms with E-state index in [9.17, 15) is 0 Å². The third kappa shape index (κ3) is 4.24. The number of rotatable bonds is 2. The van der Waals surface area contributed by atoms with E-state index in [4.69, 9.17) is 9.47 Å². The minimum absolute atomic E-state index is 0.0698. The third-order valence-corrected chi connectivity index (χ3v) is 17.4. The first-order chi connectivity index (χ1) is 26.0. The van der Waals surface area contributed by atoms with Crippen LogP contribution in [0.4, 0.5) is 0 Å². The van der Waals surface area contributed by atoms with Crippen LogP contribution in [-0.2, 0) is 10.8 Å². The minimum Gasteiger partial charge on any atom is -0.456 e. The number of hydrogen-bond acceptors (Lipinski definition) is 3. The highest BCUT2D eigenvalue weighted by Crippen LogP contribution is 2.59. The molecule has 2 aliphatic heterocycles. The van der Waals surface area contributed by atoms with Crippen LogP contribution in [0.1, 0.15) is 49.9 Å². The second-order valence-electron chi connectivity index (χ2n) is 16.9. The lowest BCUT2D eigenvalue weighted by molar-refractivity contribution is 0.455. The van der Waals surface area contributed by atoms with Crippen molar-refractivity contribution in [2.24, 2.45) is 0 Å². The maximum atomic E-state index is 7.19. The summed E-state index contributed by atoms with van der Waals surface area (Å²) in [6, 6.07) is 49.4. The van der Waals surface area contributed by atoms with Gasteiger partial charge in [0.1, 0.15) is 31.1 Å². The van der Waals surface area contributed by atoms with Crippen molar-refractivity contribution in [1.29, 1.82) is 0 Å². The van der Waals surface area contributed by atoms with Gasteiger partial charge in [-0.1, -0.05) is 162 Å². The highest BCUT2D eigenvalue weighted by molar-refractivity contribution is 7.99. The zero-order valence-electron chi connectivity index (χ0n) is 31.4. The Morgan fingerprint density at radius 3 is 1.91 bits per heavy atom. The molecule has 0 bridgehead atoms. The summed E-state index contributed by atoms with van der Waals surface area (Å²) < 4.78 is 13.8. The fourth-order valence-electron chi connectivity index (χ4n) is 9.80. The predicted molar refractivity (Wildman–Crippen MR) is 226 cm³/mol. The van der Waals surface area contributed by atoms with Gasteiger partial charge in [-0.15, -0.1) is 0 Å². The normalized spacial score (nSPS) is 16.6. The summed E-state index contributed by atoms with van der Waals surface area (Å²) in [5.74, 6) is 4.01. The second kappa shape index (κ2) is 10.9. The SMILES string of the molecule is CC1(C)c2cc(-c3ccc(-c4cccc5c4Oc4c(ccc6c4-c4ccccc4C6(C)C)[Si]5(C)C)cc3)ccc2-c2c1ccc1c2Oc2ccccc2S1. The summed E-state index contributed by atoms with van der Waals surface area (Å²) in [5.41, 5.74) is 15.0. The smallest absolute Gasteiger partial charge is 0.149 e. The lowest BCUT2D eigenvalue weighted by Gasteiger charge is -2.35. The second-order valence-corrected chi connectivity index (χ2v) is 22.3. The zero-order valence-corrected chi connectivity index (χ0v) is 33.2. The third-order valence-electron chi connectivity index (χ3n) is 12.8. The Morgan fingerprint density at radius 1 is 0.444 bits per heavy atom. The molecule has 2 aliphatic carbocycles. The van der Waals surface area contributed by atoms with Gasteiger partial charge in [0, 0.05) is 27.5 Å². The van der Waals surface area contributed by atoms with Crippen molar-refractivity contribution >= 4 is 30.2 Å². The van der Waals surface area contributed by atoms with Crippen LogP contribution < -0.4 is 19.8 Å². The van der Waals surface area contributed by atoms with Crippen LogP contribution in [-0.4, -0.2) is 8.07 Å². The van der Waals surface area contributed by atoms with E-state index in [0.29, 0.717) is 0 Å². The van der Waals surface area contributed by atoms with Crippen LogP contribution in [0.5, 0.6) is 23.0 Å². The van der Waals surface area contributed by atoms with Crippen molar-refractivity contribution in [2.75, 3.05) is 0 Å². The summed E-state index contributed by atoms with van der Waals surface area (Å²) in [6.45, 7) is 14.3. The Balaban J connectivity index is 0.968. The number of hydrogen-bond donors (Lipinski definition) is 0. The van der Waals surface area contributed by atoms with E-state index in [-0.39, 0.29) is 10.8 Å². The molecule has 0 atom stereocenters. The van der Waals surface area contributed by atoms with Gasteiger partial charge in [-0.05, 0) is 84.7 Å². The van der Waals surface area contributed by atoms with Crippen molar-refractivity contribution < 1.29 is 9.47 Å². The van der Waals surface area contributed by atoms with Gasteiger partial charge in [0.2, 0.25) is 0 Å². The Kier molecular flexibility index (Phi) is 6.49. The summed E-state index contributed by atoms with van der Waals surface area (Å²) in [4.78, 5) is 2.34. The highest BCUT2D eigenvalue weighted by atomic mass is 32.2. The van der Waals surface area contributed by atoms with Gasteiger partial charge in [0.15, 0.2) is 0 Å². The molecule has 7 aromatic carbocycles. The molecule has 4 aliphatic rings. The van der Waals surface area contributed by atoms with Gasteiger partial charge in [0.05, 0.1) is 9.79 Å². The van der Waals surface area contributed by atoms with Gasteiger partial charge >= 0.3 is 0 Å². The average molecular weight is 733 g/mol. The van der Waals surface area contributed by atoms with Gasteiger partial charge in [-0.25, -0.2) is 0 Å².